The summed E-state index contributed by atoms with van der Waals surface area (Å²) in [5.41, 5.74) is 0. The van der Waals surface area contributed by atoms with Gasteiger partial charge in [-0.2, -0.15) is 0 Å². The molecular weight excluding hydrogens is 140 g/mol. The monoisotopic (exact) mass is 154 g/mol. The maximum atomic E-state index is 8.90. The minimum Gasteiger partial charge on any atom is -0.385 e. The lowest BCUT2D eigenvalue weighted by Crippen LogP contribution is -1.96. The Bertz CT molecular complexity index is 175. The van der Waals surface area contributed by atoms with Gasteiger partial charge in [0.15, 0.2) is 5.82 Å². The summed E-state index contributed by atoms with van der Waals surface area (Å²) in [7, 11) is 0. The average Bonchev–Trinajstić information content (AvgIpc) is 2.10. The van der Waals surface area contributed by atoms with Crippen LogP contribution in [-0.2, 0) is 0 Å². The smallest absolute Gasteiger partial charge is 0.156 e. The van der Waals surface area contributed by atoms with E-state index < -0.39 is 6.10 Å². The molecule has 1 aromatic heterocycles. The summed E-state index contributed by atoms with van der Waals surface area (Å²) in [6, 6.07) is 1.71. The lowest BCUT2D eigenvalue weighted by molar-refractivity contribution is 0.189. The third-order valence-electron chi connectivity index (χ3n) is 0.959. The summed E-state index contributed by atoms with van der Waals surface area (Å²) in [6.07, 6.45) is 2.65. The first-order valence-corrected chi connectivity index (χ1v) is 3.75. The number of rotatable bonds is 1. The fraction of sp³-hybridized carbons (Fsp3) is 0.500. The Hall–Kier alpha value is -0.960. The Morgan fingerprint density at radius 2 is 1.73 bits per heavy atom. The van der Waals surface area contributed by atoms with E-state index in [-0.39, 0.29) is 0 Å². The van der Waals surface area contributed by atoms with Gasteiger partial charge >= 0.3 is 0 Å². The molecule has 0 saturated heterocycles. The Labute approximate surface area is 67.1 Å². The summed E-state index contributed by atoms with van der Waals surface area (Å²) in [5, 5.41) is 8.90. The van der Waals surface area contributed by atoms with Gasteiger partial charge in [0.05, 0.1) is 0 Å². The van der Waals surface area contributed by atoms with Crippen LogP contribution in [0, 0.1) is 0 Å². The van der Waals surface area contributed by atoms with E-state index in [4.69, 9.17) is 5.11 Å². The molecule has 0 fully saturated rings. The van der Waals surface area contributed by atoms with Crippen molar-refractivity contribution in [3.05, 3.63) is 24.3 Å². The molecule has 62 valence electrons. The van der Waals surface area contributed by atoms with Crippen molar-refractivity contribution < 1.29 is 5.11 Å². The van der Waals surface area contributed by atoms with Crippen molar-refractivity contribution in [1.82, 2.24) is 9.97 Å². The highest BCUT2D eigenvalue weighted by molar-refractivity contribution is 4.90. The molecule has 1 heterocycles. The molecule has 0 aliphatic rings. The van der Waals surface area contributed by atoms with Gasteiger partial charge in [-0.15, -0.1) is 0 Å². The molecule has 0 spiro atoms. The molecule has 1 unspecified atom stereocenters. The molecule has 0 amide bonds. The first kappa shape index (κ1) is 10.0. The second-order valence-electron chi connectivity index (χ2n) is 1.78. The van der Waals surface area contributed by atoms with Gasteiger partial charge < -0.3 is 5.11 Å². The van der Waals surface area contributed by atoms with Crippen LogP contribution in [0.25, 0.3) is 0 Å². The van der Waals surface area contributed by atoms with Crippen molar-refractivity contribution in [3.8, 4) is 0 Å². The number of hydrogen-bond donors (Lipinski definition) is 1. The topological polar surface area (TPSA) is 46.0 Å². The summed E-state index contributed by atoms with van der Waals surface area (Å²) < 4.78 is 0. The quantitative estimate of drug-likeness (QED) is 0.667. The zero-order chi connectivity index (χ0) is 8.69. The fourth-order valence-corrected chi connectivity index (χ4v) is 0.526. The summed E-state index contributed by atoms with van der Waals surface area (Å²) in [4.78, 5) is 7.63. The largest absolute Gasteiger partial charge is 0.385 e. The molecule has 11 heavy (non-hydrogen) atoms. The van der Waals surface area contributed by atoms with E-state index in [1.54, 1.807) is 25.4 Å². The van der Waals surface area contributed by atoms with E-state index >= 15 is 0 Å². The number of aliphatic hydroxyl groups excluding tert-OH is 1. The molecule has 0 aromatic carbocycles. The summed E-state index contributed by atoms with van der Waals surface area (Å²) >= 11 is 0. The van der Waals surface area contributed by atoms with E-state index in [2.05, 4.69) is 9.97 Å². The predicted octanol–water partition coefficient (Wildman–Crippen LogP) is 1.56. The van der Waals surface area contributed by atoms with Crippen LogP contribution in [0.3, 0.4) is 0 Å². The molecule has 0 bridgehead atoms. The van der Waals surface area contributed by atoms with Gasteiger partial charge in [0.1, 0.15) is 6.10 Å². The minimum atomic E-state index is -0.564. The standard InChI is InChI=1S/C6H8N2O.C2H6/c1-5(9)6-7-3-2-4-8-6;1-2/h2-5,9H,1H3;1-2H3. The van der Waals surface area contributed by atoms with E-state index in [1.807, 2.05) is 13.8 Å². The normalized spacial score (nSPS) is 11.3. The second kappa shape index (κ2) is 5.80. The van der Waals surface area contributed by atoms with Crippen LogP contribution < -0.4 is 0 Å². The van der Waals surface area contributed by atoms with Crippen LogP contribution >= 0.6 is 0 Å². The van der Waals surface area contributed by atoms with Crippen molar-refractivity contribution in [2.45, 2.75) is 26.9 Å². The summed E-state index contributed by atoms with van der Waals surface area (Å²) in [6.45, 7) is 5.63. The second-order valence-corrected chi connectivity index (χ2v) is 1.78. The van der Waals surface area contributed by atoms with Crippen molar-refractivity contribution in [3.63, 3.8) is 0 Å². The molecule has 1 rings (SSSR count). The number of aliphatic hydroxyl groups is 1. The van der Waals surface area contributed by atoms with Gasteiger partial charge in [0, 0.05) is 12.4 Å². The van der Waals surface area contributed by atoms with Gasteiger partial charge in [-0.3, -0.25) is 0 Å². The molecule has 0 aliphatic carbocycles. The molecule has 0 aliphatic heterocycles. The third kappa shape index (κ3) is 3.68. The van der Waals surface area contributed by atoms with E-state index in [1.165, 1.54) is 0 Å². The van der Waals surface area contributed by atoms with E-state index in [0.717, 1.165) is 0 Å². The highest BCUT2D eigenvalue weighted by Crippen LogP contribution is 2.01. The Morgan fingerprint density at radius 1 is 1.27 bits per heavy atom. The molecule has 1 aromatic rings. The average molecular weight is 154 g/mol. The number of nitrogens with zero attached hydrogens (tertiary/aromatic N) is 2. The minimum absolute atomic E-state index is 0.470. The third-order valence-corrected chi connectivity index (χ3v) is 0.959. The Morgan fingerprint density at radius 3 is 2.00 bits per heavy atom. The number of aromatic nitrogens is 2. The van der Waals surface area contributed by atoms with Gasteiger partial charge in [-0.25, -0.2) is 9.97 Å². The summed E-state index contributed by atoms with van der Waals surface area (Å²) in [5.74, 6) is 0.470. The first-order chi connectivity index (χ1) is 5.30. The maximum absolute atomic E-state index is 8.90. The van der Waals surface area contributed by atoms with Crippen LogP contribution in [-0.4, -0.2) is 15.1 Å². The van der Waals surface area contributed by atoms with Crippen LogP contribution in [0.5, 0.6) is 0 Å². The molecule has 0 saturated carbocycles. The molecule has 1 atom stereocenters. The van der Waals surface area contributed by atoms with Gasteiger partial charge in [-0.1, -0.05) is 13.8 Å². The highest BCUT2D eigenvalue weighted by Gasteiger charge is 1.99. The fourth-order valence-electron chi connectivity index (χ4n) is 0.526. The zero-order valence-corrected chi connectivity index (χ0v) is 7.15. The van der Waals surface area contributed by atoms with E-state index in [9.17, 15) is 0 Å². The molecule has 3 heteroatoms. The predicted molar refractivity (Wildman–Crippen MR) is 44.0 cm³/mol. The van der Waals surface area contributed by atoms with E-state index in [0.29, 0.717) is 5.82 Å². The van der Waals surface area contributed by atoms with Crippen LogP contribution in [0.2, 0.25) is 0 Å². The Kier molecular flexibility index (Phi) is 5.29. The Balaban J connectivity index is 0.000000461. The lowest BCUT2D eigenvalue weighted by Gasteiger charge is -1.98. The lowest BCUT2D eigenvalue weighted by atomic mass is 10.4. The first-order valence-electron chi connectivity index (χ1n) is 3.75. The van der Waals surface area contributed by atoms with Crippen LogP contribution in [0.15, 0.2) is 18.5 Å². The highest BCUT2D eigenvalue weighted by atomic mass is 16.3. The number of hydrogen-bond acceptors (Lipinski definition) is 3. The van der Waals surface area contributed by atoms with Crippen LogP contribution in [0.4, 0.5) is 0 Å². The molecule has 3 nitrogen and oxygen atoms in total. The van der Waals surface area contributed by atoms with Gasteiger partial charge in [-0.05, 0) is 13.0 Å². The van der Waals surface area contributed by atoms with Crippen molar-refractivity contribution in [1.29, 1.82) is 0 Å². The molecule has 0 radical (unpaired) electrons. The SMILES string of the molecule is CC.CC(O)c1ncccn1. The van der Waals surface area contributed by atoms with Gasteiger partial charge in [0.25, 0.3) is 0 Å². The molecule has 1 N–H and O–H groups in total. The van der Waals surface area contributed by atoms with Crippen LogP contribution in [0.1, 0.15) is 32.7 Å². The van der Waals surface area contributed by atoms with Crippen molar-refractivity contribution in [2.75, 3.05) is 0 Å². The molecular formula is C8H14N2O. The maximum Gasteiger partial charge on any atom is 0.156 e. The van der Waals surface area contributed by atoms with Crippen molar-refractivity contribution in [2.24, 2.45) is 0 Å². The van der Waals surface area contributed by atoms with Crippen molar-refractivity contribution >= 4 is 0 Å². The zero-order valence-electron chi connectivity index (χ0n) is 7.15. The van der Waals surface area contributed by atoms with Gasteiger partial charge in [0.2, 0.25) is 0 Å².